The van der Waals surface area contributed by atoms with E-state index in [0.29, 0.717) is 10.9 Å². The lowest BCUT2D eigenvalue weighted by atomic mass is 9.99. The lowest BCUT2D eigenvalue weighted by molar-refractivity contribution is -0.274. The third-order valence-corrected chi connectivity index (χ3v) is 4.00. The first-order chi connectivity index (χ1) is 11.8. The van der Waals surface area contributed by atoms with E-state index in [-0.39, 0.29) is 11.3 Å². The number of fused-ring (bicyclic) bond motifs is 1. The quantitative estimate of drug-likeness (QED) is 0.530. The number of hydrogen-bond acceptors (Lipinski definition) is 8. The summed E-state index contributed by atoms with van der Waals surface area (Å²) in [5.74, 6) is -1.39. The van der Waals surface area contributed by atoms with Crippen molar-refractivity contribution in [3.05, 3.63) is 40.2 Å². The van der Waals surface area contributed by atoms with E-state index in [9.17, 15) is 24.9 Å². The van der Waals surface area contributed by atoms with E-state index in [1.165, 1.54) is 18.2 Å². The Bertz CT molecular complexity index is 858. The zero-order chi connectivity index (χ0) is 18.3. The molecule has 9 heteroatoms. The van der Waals surface area contributed by atoms with Crippen molar-refractivity contribution in [2.45, 2.75) is 37.6 Å². The molecule has 0 saturated carbocycles. The van der Waals surface area contributed by atoms with Crippen molar-refractivity contribution in [2.75, 3.05) is 0 Å². The molecule has 2 aromatic rings. The van der Waals surface area contributed by atoms with E-state index in [4.69, 9.17) is 19.0 Å². The van der Waals surface area contributed by atoms with Crippen molar-refractivity contribution < 1.29 is 39.1 Å². The summed E-state index contributed by atoms with van der Waals surface area (Å²) in [5.41, 5.74) is 0.411. The Kier molecular flexibility index (Phi) is 4.48. The number of rotatable bonds is 3. The maximum atomic E-state index is 11.5. The third kappa shape index (κ3) is 3.22. The van der Waals surface area contributed by atoms with Crippen molar-refractivity contribution in [3.63, 3.8) is 0 Å². The minimum absolute atomic E-state index is 0.133. The Balaban J connectivity index is 1.88. The molecule has 2 heterocycles. The largest absolute Gasteiger partial charge is 0.482 e. The van der Waals surface area contributed by atoms with Gasteiger partial charge in [-0.05, 0) is 24.6 Å². The summed E-state index contributed by atoms with van der Waals surface area (Å²) in [6.45, 7) is 1.74. The minimum Gasteiger partial charge on any atom is -0.482 e. The smallest absolute Gasteiger partial charge is 0.336 e. The summed E-state index contributed by atoms with van der Waals surface area (Å²) < 4.78 is 15.3. The van der Waals surface area contributed by atoms with Gasteiger partial charge in [-0.25, -0.2) is 9.59 Å². The van der Waals surface area contributed by atoms with Crippen LogP contribution in [0.25, 0.3) is 11.0 Å². The molecule has 0 bridgehead atoms. The lowest BCUT2D eigenvalue weighted by Gasteiger charge is -2.38. The molecule has 1 aliphatic heterocycles. The number of ether oxygens (including phenoxy) is 2. The van der Waals surface area contributed by atoms with Crippen LogP contribution in [-0.2, 0) is 9.53 Å². The number of aliphatic hydroxyl groups excluding tert-OH is 3. The van der Waals surface area contributed by atoms with Crippen LogP contribution in [0.4, 0.5) is 0 Å². The number of benzene rings is 1. The van der Waals surface area contributed by atoms with Gasteiger partial charge in [0.2, 0.25) is 0 Å². The monoisotopic (exact) mass is 352 g/mol. The van der Waals surface area contributed by atoms with Gasteiger partial charge in [-0.1, -0.05) is 0 Å². The lowest BCUT2D eigenvalue weighted by Crippen LogP contribution is -2.61. The number of carboxylic acids is 1. The van der Waals surface area contributed by atoms with Crippen LogP contribution in [0.1, 0.15) is 5.56 Å². The van der Waals surface area contributed by atoms with Gasteiger partial charge in [0, 0.05) is 17.5 Å². The molecule has 0 aliphatic carbocycles. The zero-order valence-corrected chi connectivity index (χ0v) is 13.0. The molecule has 1 aromatic heterocycles. The zero-order valence-electron chi connectivity index (χ0n) is 13.0. The van der Waals surface area contributed by atoms with Crippen LogP contribution >= 0.6 is 0 Å². The molecule has 1 saturated heterocycles. The number of aliphatic carboxylic acids is 1. The summed E-state index contributed by atoms with van der Waals surface area (Å²) >= 11 is 0. The average molecular weight is 352 g/mol. The number of aryl methyl sites for hydroxylation is 1. The summed E-state index contributed by atoms with van der Waals surface area (Å²) in [5, 5.41) is 39.3. The van der Waals surface area contributed by atoms with Gasteiger partial charge in [-0.15, -0.1) is 0 Å². The highest BCUT2D eigenvalue weighted by atomic mass is 16.7. The highest BCUT2D eigenvalue weighted by Crippen LogP contribution is 2.27. The van der Waals surface area contributed by atoms with E-state index < -0.39 is 42.3 Å². The van der Waals surface area contributed by atoms with E-state index >= 15 is 0 Å². The molecule has 9 nitrogen and oxygen atoms in total. The van der Waals surface area contributed by atoms with Gasteiger partial charge in [0.05, 0.1) is 0 Å². The molecule has 1 fully saturated rings. The third-order valence-electron chi connectivity index (χ3n) is 4.00. The Morgan fingerprint density at radius 3 is 2.56 bits per heavy atom. The van der Waals surface area contributed by atoms with Gasteiger partial charge in [0.25, 0.3) is 0 Å². The fourth-order valence-corrected chi connectivity index (χ4v) is 2.72. The van der Waals surface area contributed by atoms with Crippen molar-refractivity contribution in [1.29, 1.82) is 0 Å². The fraction of sp³-hybridized carbons (Fsp3) is 0.375. The second-order valence-corrected chi connectivity index (χ2v) is 5.76. The van der Waals surface area contributed by atoms with Crippen LogP contribution in [0, 0.1) is 6.92 Å². The van der Waals surface area contributed by atoms with Gasteiger partial charge in [0.15, 0.2) is 18.5 Å². The molecule has 0 spiro atoms. The van der Waals surface area contributed by atoms with Crippen LogP contribution in [-0.4, -0.2) is 57.1 Å². The Labute approximate surface area is 140 Å². The maximum Gasteiger partial charge on any atom is 0.336 e. The number of aliphatic hydroxyl groups is 3. The summed E-state index contributed by atoms with van der Waals surface area (Å²) in [4.78, 5) is 22.4. The fourth-order valence-electron chi connectivity index (χ4n) is 2.72. The molecule has 0 radical (unpaired) electrons. The van der Waals surface area contributed by atoms with Crippen molar-refractivity contribution in [1.82, 2.24) is 0 Å². The molecule has 25 heavy (non-hydrogen) atoms. The van der Waals surface area contributed by atoms with Crippen molar-refractivity contribution in [3.8, 4) is 5.75 Å². The van der Waals surface area contributed by atoms with Crippen LogP contribution in [0.15, 0.2) is 33.5 Å². The molecule has 0 amide bonds. The van der Waals surface area contributed by atoms with Crippen LogP contribution in [0.5, 0.6) is 5.75 Å². The molecule has 1 aromatic carbocycles. The minimum atomic E-state index is -1.79. The van der Waals surface area contributed by atoms with Crippen molar-refractivity contribution >= 4 is 16.9 Å². The van der Waals surface area contributed by atoms with Crippen LogP contribution in [0.2, 0.25) is 0 Å². The molecule has 134 valence electrons. The van der Waals surface area contributed by atoms with E-state index in [1.54, 1.807) is 13.0 Å². The second kappa shape index (κ2) is 6.45. The summed E-state index contributed by atoms with van der Waals surface area (Å²) in [7, 11) is 0. The Morgan fingerprint density at radius 1 is 1.16 bits per heavy atom. The number of carbonyl (C=O) groups is 1. The van der Waals surface area contributed by atoms with Gasteiger partial charge < -0.3 is 34.3 Å². The summed E-state index contributed by atoms with van der Waals surface area (Å²) in [6.07, 6.45) is -8.47. The van der Waals surface area contributed by atoms with Crippen molar-refractivity contribution in [2.24, 2.45) is 0 Å². The molecular formula is C16H16O9. The molecule has 0 unspecified atom stereocenters. The number of carboxylic acid groups (broad SMARTS) is 1. The Hall–Kier alpha value is -2.46. The van der Waals surface area contributed by atoms with E-state index in [1.807, 2.05) is 0 Å². The molecule has 5 atom stereocenters. The van der Waals surface area contributed by atoms with Gasteiger partial charge in [0.1, 0.15) is 23.5 Å². The van der Waals surface area contributed by atoms with Gasteiger partial charge in [-0.3, -0.25) is 0 Å². The second-order valence-electron chi connectivity index (χ2n) is 5.76. The average Bonchev–Trinajstić information content (AvgIpc) is 2.54. The standard InChI is InChI=1S/C16H16O9/c1-6-4-10(17)24-9-5-7(2-3-8(6)9)23-14-12(19)11(18)13(15(20)21)25-16(14)22/h2-5,11-14,16,18-19,22H,1H3,(H,20,21)/t11-,12-,13-,14+,16+/m0/s1. The SMILES string of the molecule is Cc1cc(=O)oc2cc(O[C@@H]3[C@@H](O)[C@H](O)[C@@H](C(=O)O)O[C@H]3O)ccc12. The normalized spacial score (nSPS) is 29.5. The predicted molar refractivity (Wildman–Crippen MR) is 82.2 cm³/mol. The topological polar surface area (TPSA) is 147 Å². The van der Waals surface area contributed by atoms with Gasteiger partial charge in [-0.2, -0.15) is 0 Å². The number of hydrogen-bond donors (Lipinski definition) is 4. The van der Waals surface area contributed by atoms with E-state index in [2.05, 4.69) is 0 Å². The van der Waals surface area contributed by atoms with E-state index in [0.717, 1.165) is 0 Å². The Morgan fingerprint density at radius 2 is 1.88 bits per heavy atom. The highest BCUT2D eigenvalue weighted by molar-refractivity contribution is 5.81. The predicted octanol–water partition coefficient (Wildman–Crippen LogP) is -0.628. The van der Waals surface area contributed by atoms with Crippen LogP contribution < -0.4 is 10.4 Å². The first-order valence-electron chi connectivity index (χ1n) is 7.41. The molecule has 4 N–H and O–H groups in total. The molecule has 1 aliphatic rings. The maximum absolute atomic E-state index is 11.5. The first kappa shape index (κ1) is 17.4. The van der Waals surface area contributed by atoms with Crippen LogP contribution in [0.3, 0.4) is 0 Å². The molecular weight excluding hydrogens is 336 g/mol. The highest BCUT2D eigenvalue weighted by Gasteiger charge is 2.48. The first-order valence-corrected chi connectivity index (χ1v) is 7.41. The summed E-state index contributed by atoms with van der Waals surface area (Å²) in [6, 6.07) is 5.87. The van der Waals surface area contributed by atoms with Gasteiger partial charge >= 0.3 is 11.6 Å². The molecule has 3 rings (SSSR count).